The molecule has 0 unspecified atom stereocenters. The molecule has 0 bridgehead atoms. The number of alkyl carbamates (subject to hydrolysis) is 1. The van der Waals surface area contributed by atoms with Crippen LogP contribution in [0.15, 0.2) is 92.8 Å². The SMILES string of the molecule is CC(C)(C)OC(=O)NCCF.CC(C)(C)OC(=O)OC(=O)OC(C)(C)C.CN(CCF)C(=O)OC(C)(C)C.CN(CCF)S(=O)(=O)Cc1cccc(Oc2ccc3c(c2)C2=NCCN2C=N3)c1Cl.CNCCF.CNCCF.Cl.Cl.Cl.NCCF.O=C1OCCN1S(=O)(=O)Cc1cccc(Oc2ccc3c(c2)C2=NCCN2C=N3)c1Cl. The van der Waals surface area contributed by atoms with E-state index < -0.39 is 105 Å². The van der Waals surface area contributed by atoms with Gasteiger partial charge in [-0.25, -0.2) is 85.7 Å². The molecule has 658 valence electrons. The molecule has 1 saturated heterocycles. The van der Waals surface area contributed by atoms with Crippen LogP contribution < -0.4 is 31.2 Å². The van der Waals surface area contributed by atoms with Gasteiger partial charge in [0.05, 0.1) is 71.8 Å². The molecular weight excluding hydrogens is 1690 g/mol. The Labute approximate surface area is 704 Å². The lowest BCUT2D eigenvalue weighted by Crippen LogP contribution is -2.35. The molecule has 3 amide bonds. The monoisotopic (exact) mass is 1790 g/mol. The molecule has 0 aromatic heterocycles. The number of nitrogens with two attached hydrogens (primary N) is 1. The van der Waals surface area contributed by atoms with Gasteiger partial charge in [0.25, 0.3) is 0 Å². The van der Waals surface area contributed by atoms with E-state index in [1.807, 2.05) is 34.1 Å². The third kappa shape index (κ3) is 42.0. The summed E-state index contributed by atoms with van der Waals surface area (Å²) in [5.41, 5.74) is 6.28. The number of hydrogen-bond donors (Lipinski definition) is 4. The third-order valence-electron chi connectivity index (χ3n) is 13.6. The fourth-order valence-electron chi connectivity index (χ4n) is 8.67. The van der Waals surface area contributed by atoms with Crippen molar-refractivity contribution in [3.63, 3.8) is 0 Å². The normalized spacial score (nSPS) is 13.3. The number of cyclic esters (lactones) is 1. The number of aliphatic imine (C=N–C) groups is 4. The van der Waals surface area contributed by atoms with Gasteiger partial charge in [-0.1, -0.05) is 47.5 Å². The highest BCUT2D eigenvalue weighted by Gasteiger charge is 2.35. The first kappa shape index (κ1) is 110. The van der Waals surface area contributed by atoms with Crippen LogP contribution in [0.1, 0.15) is 105 Å². The lowest BCUT2D eigenvalue weighted by Gasteiger charge is -2.23. The van der Waals surface area contributed by atoms with Gasteiger partial charge in [-0.15, -0.1) is 37.2 Å². The van der Waals surface area contributed by atoms with E-state index in [0.717, 1.165) is 55.9 Å². The fraction of sp³-hybridized carbons (Fsp3) is 0.548. The van der Waals surface area contributed by atoms with Crippen molar-refractivity contribution in [3.05, 3.63) is 105 Å². The zero-order chi connectivity index (χ0) is 85.5. The highest BCUT2D eigenvalue weighted by molar-refractivity contribution is 7.89. The predicted molar refractivity (Wildman–Crippen MR) is 446 cm³/mol. The number of alkyl halides is 6. The summed E-state index contributed by atoms with van der Waals surface area (Å²) in [7, 11) is -1.32. The minimum absolute atomic E-state index is 0. The quantitative estimate of drug-likeness (QED) is 0.0260. The van der Waals surface area contributed by atoms with Gasteiger partial charge in [0.15, 0.2) is 0 Å². The molecule has 0 saturated carbocycles. The van der Waals surface area contributed by atoms with Gasteiger partial charge >= 0.3 is 30.6 Å². The van der Waals surface area contributed by atoms with E-state index >= 15 is 0 Å². The number of nitrogens with one attached hydrogen (secondary N) is 3. The van der Waals surface area contributed by atoms with Crippen LogP contribution in [0, 0.1) is 0 Å². The molecule has 1 fully saturated rings. The van der Waals surface area contributed by atoms with Crippen LogP contribution in [-0.2, 0) is 60.0 Å². The van der Waals surface area contributed by atoms with Crippen molar-refractivity contribution >= 4 is 147 Å². The molecule has 116 heavy (non-hydrogen) atoms. The number of carbonyl (C=O) groups excluding carboxylic acids is 5. The number of amides is 3. The number of carbonyl (C=O) groups is 5. The van der Waals surface area contributed by atoms with E-state index in [2.05, 4.69) is 46.4 Å². The number of sulfonamides is 2. The lowest BCUT2D eigenvalue weighted by molar-refractivity contribution is -0.0295. The van der Waals surface area contributed by atoms with E-state index in [4.69, 9.17) is 56.4 Å². The Morgan fingerprint density at radius 2 is 0.983 bits per heavy atom. The van der Waals surface area contributed by atoms with Gasteiger partial charge in [-0.3, -0.25) is 9.98 Å². The van der Waals surface area contributed by atoms with E-state index in [-0.39, 0.29) is 106 Å². The number of benzene rings is 4. The summed E-state index contributed by atoms with van der Waals surface area (Å²) in [6.07, 6.45) is -0.506. The van der Waals surface area contributed by atoms with Crippen LogP contribution in [0.5, 0.6) is 23.0 Å². The van der Waals surface area contributed by atoms with Crippen molar-refractivity contribution in [2.24, 2.45) is 25.7 Å². The second kappa shape index (κ2) is 54.2. The summed E-state index contributed by atoms with van der Waals surface area (Å²) in [6.45, 7) is 21.8. The summed E-state index contributed by atoms with van der Waals surface area (Å²) in [4.78, 5) is 78.5. The average Bonchev–Trinajstić information content (AvgIpc) is 1.52. The molecule has 0 atom stereocenters. The number of nitrogens with zero attached hydrogens (tertiary/aromatic N) is 9. The zero-order valence-corrected chi connectivity index (χ0v) is 73.4. The lowest BCUT2D eigenvalue weighted by atomic mass is 10.1. The largest absolute Gasteiger partial charge is 0.519 e. The van der Waals surface area contributed by atoms with Crippen molar-refractivity contribution < 1.29 is 105 Å². The summed E-state index contributed by atoms with van der Waals surface area (Å²) in [6, 6.07) is 20.7. The van der Waals surface area contributed by atoms with Gasteiger partial charge in [0, 0.05) is 71.0 Å². The molecule has 5 heterocycles. The van der Waals surface area contributed by atoms with Crippen molar-refractivity contribution in [3.8, 4) is 23.0 Å². The van der Waals surface area contributed by atoms with Crippen molar-refractivity contribution in [1.82, 2.24) is 39.3 Å². The maximum absolute atomic E-state index is 12.6. The van der Waals surface area contributed by atoms with Gasteiger partial charge in [0.2, 0.25) is 20.0 Å². The standard InChI is InChI=1S/C20H20ClFN4O3S.C20H17ClN4O5S.C10H18O5.C8H16FNO2.C7H14FNO2.2C3H8FN.C2H6FN.3ClH/c1-25(9-7-22)30(27,28)12-14-3-2-4-18(19(14)21)29-15-5-6-17-16(11-15)20-23-8-10-26(20)13-24-17;21-18-13(11-31(27,28)25-8-9-29-20(25)26)2-1-3-17(18)30-14-4-5-16-15(10-14)19-22-6-7-24(19)12-23-16;1-9(2,3)14-7(11)13-8(12)15-10(4,5)6;1-8(2,3)12-7(11)10(4)6-5-9;1-7(2,3)11-6(10)9-5-4-8;2*1-5-3-2-4;3-1-2-4;;;/h2-6,11,13H,7-10,12H2,1H3;1-5,10,12H,6-9,11H2;1-6H3;5-6H2,1-4H3;4-5H2,1-3H3,(H,9,10);2*5H,2-3H2,1H3;1-2,4H2;3*1H. The summed E-state index contributed by atoms with van der Waals surface area (Å²) < 4.78 is 160. The smallest absolute Gasteiger partial charge is 0.456 e. The summed E-state index contributed by atoms with van der Waals surface area (Å²) in [5, 5.41) is 7.90. The van der Waals surface area contributed by atoms with E-state index in [0.29, 0.717) is 60.3 Å². The average molecular weight is 1800 g/mol. The molecule has 0 radical (unpaired) electrons. The molecule has 0 spiro atoms. The van der Waals surface area contributed by atoms with Gasteiger partial charge in [-0.05, 0) is 157 Å². The minimum Gasteiger partial charge on any atom is -0.456 e. The Kier molecular flexibility index (Phi) is 51.5. The van der Waals surface area contributed by atoms with Gasteiger partial charge < -0.3 is 74.3 Å². The first-order valence-corrected chi connectivity index (χ1v) is 39.3. The zero-order valence-electron chi connectivity index (χ0n) is 67.8. The van der Waals surface area contributed by atoms with Crippen LogP contribution in [0.3, 0.4) is 0 Å². The first-order chi connectivity index (χ1) is 52.9. The van der Waals surface area contributed by atoms with Crippen LogP contribution in [0.2, 0.25) is 10.0 Å². The molecule has 30 nitrogen and oxygen atoms in total. The van der Waals surface area contributed by atoms with E-state index in [1.165, 1.54) is 19.0 Å². The summed E-state index contributed by atoms with van der Waals surface area (Å²) >= 11 is 12.9. The third-order valence-corrected chi connectivity index (χ3v) is 18.0. The predicted octanol–water partition coefficient (Wildman–Crippen LogP) is 14.5. The maximum Gasteiger partial charge on any atom is 0.519 e. The number of hydrogen-bond acceptors (Lipinski definition) is 26. The second-order valence-corrected chi connectivity index (χ2v) is 32.5. The molecule has 5 aliphatic rings. The van der Waals surface area contributed by atoms with Crippen LogP contribution in [0.4, 0.5) is 61.7 Å². The first-order valence-electron chi connectivity index (χ1n) is 35.3. The van der Waals surface area contributed by atoms with E-state index in [9.17, 15) is 67.2 Å². The van der Waals surface area contributed by atoms with Crippen LogP contribution in [0.25, 0.3) is 0 Å². The molecule has 5 aliphatic heterocycles. The Balaban J connectivity index is 0. The fourth-order valence-corrected chi connectivity index (χ4v) is 11.9. The van der Waals surface area contributed by atoms with E-state index in [1.54, 1.807) is 158 Å². The van der Waals surface area contributed by atoms with Gasteiger partial charge in [0.1, 0.15) is 104 Å². The highest BCUT2D eigenvalue weighted by Crippen LogP contribution is 2.39. The summed E-state index contributed by atoms with van der Waals surface area (Å²) in [5.74, 6) is 2.62. The number of fused-ring (bicyclic) bond motifs is 6. The highest BCUT2D eigenvalue weighted by atomic mass is 35.5. The number of amidine groups is 2. The van der Waals surface area contributed by atoms with Crippen LogP contribution >= 0.6 is 60.4 Å². The Bertz CT molecular complexity index is 4030. The van der Waals surface area contributed by atoms with Crippen molar-refractivity contribution in [1.29, 1.82) is 0 Å². The van der Waals surface area contributed by atoms with Gasteiger partial charge in [-0.2, -0.15) is 0 Å². The number of rotatable bonds is 21. The number of ether oxygens (including phenoxy) is 8. The van der Waals surface area contributed by atoms with Crippen LogP contribution in [-0.4, -0.2) is 264 Å². The molecule has 5 N–H and O–H groups in total. The molecular formula is C73H110Cl5F6N13O17S2. The Hall–Kier alpha value is -7.92. The van der Waals surface area contributed by atoms with Crippen molar-refractivity contribution in [2.45, 2.75) is 117 Å². The molecule has 43 heteroatoms. The molecule has 4 aromatic carbocycles. The minimum atomic E-state index is -3.91. The Morgan fingerprint density at radius 1 is 0.569 bits per heavy atom. The maximum atomic E-state index is 12.6. The topological polar surface area (TPSA) is 355 Å². The number of halogens is 11. The molecule has 0 aliphatic carbocycles. The Morgan fingerprint density at radius 3 is 1.34 bits per heavy atom. The molecule has 4 aromatic rings. The van der Waals surface area contributed by atoms with Crippen molar-refractivity contribution in [2.75, 3.05) is 147 Å². The second-order valence-electron chi connectivity index (χ2n) is 27.8. The molecule has 9 rings (SSSR count).